The van der Waals surface area contributed by atoms with E-state index >= 15 is 0 Å². The Morgan fingerprint density at radius 3 is 2.39 bits per heavy atom. The molecule has 0 radical (unpaired) electrons. The zero-order valence-electron chi connectivity index (χ0n) is 21.0. The highest BCUT2D eigenvalue weighted by molar-refractivity contribution is 6.11. The fourth-order valence-electron chi connectivity index (χ4n) is 4.20. The average Bonchev–Trinajstić information content (AvgIpc) is 3.07. The standard InChI is InChI=1S/C26H33N3O7/c1-5-34-22(30)16-26(28-25(32)27-18-11-10-12-19(15-18)33-4)20-13-8-9-14-21(20)29(24(26)31)17-23(35-6-2)36-7-3/h8-15,23H,5-7,16-17H2,1-4H3,(H2,27,28,32)/t26-/m0/s1. The minimum Gasteiger partial charge on any atom is -0.497 e. The molecule has 0 aliphatic carbocycles. The molecule has 3 amide bonds. The SMILES string of the molecule is CCOC(=O)C[C@@]1(NC(=O)Nc2cccc(OC)c2)C(=O)N(CC(OCC)OCC)c2ccccc21. The van der Waals surface area contributed by atoms with Gasteiger partial charge in [0.25, 0.3) is 5.91 Å². The van der Waals surface area contributed by atoms with Crippen LogP contribution in [0.25, 0.3) is 0 Å². The molecule has 2 aromatic carbocycles. The second-order valence-corrected chi connectivity index (χ2v) is 7.97. The summed E-state index contributed by atoms with van der Waals surface area (Å²) in [7, 11) is 1.52. The van der Waals surface area contributed by atoms with Gasteiger partial charge in [-0.3, -0.25) is 9.59 Å². The van der Waals surface area contributed by atoms with Gasteiger partial charge in [0, 0.05) is 30.5 Å². The molecular weight excluding hydrogens is 466 g/mol. The first-order valence-electron chi connectivity index (χ1n) is 11.9. The minimum absolute atomic E-state index is 0.0846. The summed E-state index contributed by atoms with van der Waals surface area (Å²) < 4.78 is 21.7. The molecule has 10 nitrogen and oxygen atoms in total. The molecule has 0 saturated carbocycles. The van der Waals surface area contributed by atoms with Crippen LogP contribution in [0, 0.1) is 0 Å². The van der Waals surface area contributed by atoms with Crippen LogP contribution in [0.1, 0.15) is 32.8 Å². The van der Waals surface area contributed by atoms with Crippen molar-refractivity contribution in [2.24, 2.45) is 0 Å². The summed E-state index contributed by atoms with van der Waals surface area (Å²) in [5.41, 5.74) is -0.190. The highest BCUT2D eigenvalue weighted by atomic mass is 16.7. The molecule has 0 fully saturated rings. The van der Waals surface area contributed by atoms with Crippen LogP contribution in [0.3, 0.4) is 0 Å². The van der Waals surface area contributed by atoms with Crippen molar-refractivity contribution in [3.05, 3.63) is 54.1 Å². The van der Waals surface area contributed by atoms with Crippen LogP contribution in [0.2, 0.25) is 0 Å². The Labute approximate surface area is 210 Å². The maximum atomic E-state index is 14.0. The lowest BCUT2D eigenvalue weighted by Crippen LogP contribution is -2.56. The molecule has 2 N–H and O–H groups in total. The van der Waals surface area contributed by atoms with Crippen molar-refractivity contribution < 1.29 is 33.3 Å². The summed E-state index contributed by atoms with van der Waals surface area (Å²) in [5, 5.41) is 5.50. The van der Waals surface area contributed by atoms with E-state index in [0.29, 0.717) is 35.9 Å². The number of rotatable bonds is 12. The first-order valence-corrected chi connectivity index (χ1v) is 11.9. The molecule has 2 aromatic rings. The number of carbonyl (C=O) groups excluding carboxylic acids is 3. The van der Waals surface area contributed by atoms with E-state index in [-0.39, 0.29) is 19.6 Å². The van der Waals surface area contributed by atoms with Gasteiger partial charge in [-0.2, -0.15) is 0 Å². The van der Waals surface area contributed by atoms with E-state index in [4.69, 9.17) is 18.9 Å². The van der Waals surface area contributed by atoms with Gasteiger partial charge in [-0.25, -0.2) is 4.79 Å². The van der Waals surface area contributed by atoms with Gasteiger partial charge in [0.2, 0.25) is 0 Å². The topological polar surface area (TPSA) is 115 Å². The third-order valence-corrected chi connectivity index (χ3v) is 5.67. The number of methoxy groups -OCH3 is 1. The summed E-state index contributed by atoms with van der Waals surface area (Å²) in [4.78, 5) is 41.3. The Morgan fingerprint density at radius 1 is 1.00 bits per heavy atom. The predicted octanol–water partition coefficient (Wildman–Crippen LogP) is 3.41. The number of ether oxygens (including phenoxy) is 4. The van der Waals surface area contributed by atoms with Gasteiger partial charge in [-0.15, -0.1) is 0 Å². The van der Waals surface area contributed by atoms with Gasteiger partial charge in [0.15, 0.2) is 11.8 Å². The van der Waals surface area contributed by atoms with E-state index in [1.165, 1.54) is 12.0 Å². The fourth-order valence-corrected chi connectivity index (χ4v) is 4.20. The Bertz CT molecular complexity index is 1070. The Balaban J connectivity index is 1.98. The predicted molar refractivity (Wildman–Crippen MR) is 134 cm³/mol. The van der Waals surface area contributed by atoms with Crippen LogP contribution in [0.15, 0.2) is 48.5 Å². The van der Waals surface area contributed by atoms with E-state index in [2.05, 4.69) is 10.6 Å². The lowest BCUT2D eigenvalue weighted by atomic mass is 9.87. The van der Waals surface area contributed by atoms with Crippen molar-refractivity contribution in [3.63, 3.8) is 0 Å². The largest absolute Gasteiger partial charge is 0.497 e. The molecule has 1 atom stereocenters. The minimum atomic E-state index is -1.69. The second-order valence-electron chi connectivity index (χ2n) is 7.97. The Hall–Kier alpha value is -3.63. The number of urea groups is 1. The van der Waals surface area contributed by atoms with Crippen molar-refractivity contribution in [3.8, 4) is 5.75 Å². The normalized spacial score (nSPS) is 16.6. The molecule has 10 heteroatoms. The molecule has 0 aromatic heterocycles. The van der Waals surface area contributed by atoms with Crippen LogP contribution in [-0.4, -0.2) is 57.7 Å². The number of nitrogens with zero attached hydrogens (tertiary/aromatic N) is 1. The maximum absolute atomic E-state index is 14.0. The molecule has 0 unspecified atom stereocenters. The molecule has 0 spiro atoms. The van der Waals surface area contributed by atoms with Crippen LogP contribution in [0.4, 0.5) is 16.2 Å². The summed E-state index contributed by atoms with van der Waals surface area (Å²) in [6.07, 6.45) is -1.06. The maximum Gasteiger partial charge on any atom is 0.320 e. The van der Waals surface area contributed by atoms with Crippen molar-refractivity contribution in [2.75, 3.05) is 43.7 Å². The molecule has 3 rings (SSSR count). The zero-order valence-corrected chi connectivity index (χ0v) is 21.0. The number of hydrogen-bond donors (Lipinski definition) is 2. The Kier molecular flexibility index (Phi) is 9.26. The van der Waals surface area contributed by atoms with Gasteiger partial charge in [0.1, 0.15) is 5.75 Å². The van der Waals surface area contributed by atoms with E-state index in [1.54, 1.807) is 55.5 Å². The summed E-state index contributed by atoms with van der Waals surface area (Å²) >= 11 is 0. The van der Waals surface area contributed by atoms with Gasteiger partial charge in [0.05, 0.1) is 32.4 Å². The van der Waals surface area contributed by atoms with Crippen LogP contribution in [-0.2, 0) is 29.3 Å². The number of anilines is 2. The number of amides is 3. The number of benzene rings is 2. The molecule has 1 aliphatic heterocycles. The molecule has 0 saturated heterocycles. The molecule has 1 aliphatic rings. The highest BCUT2D eigenvalue weighted by Gasteiger charge is 2.54. The molecule has 1 heterocycles. The lowest BCUT2D eigenvalue weighted by molar-refractivity contribution is -0.148. The Morgan fingerprint density at radius 2 is 1.72 bits per heavy atom. The smallest absolute Gasteiger partial charge is 0.320 e. The third kappa shape index (κ3) is 5.95. The van der Waals surface area contributed by atoms with Crippen LogP contribution < -0.4 is 20.3 Å². The fraction of sp³-hybridized carbons (Fsp3) is 0.423. The van der Waals surface area contributed by atoms with Crippen LogP contribution >= 0.6 is 0 Å². The molecular formula is C26H33N3O7. The van der Waals surface area contributed by atoms with Gasteiger partial charge >= 0.3 is 12.0 Å². The summed E-state index contributed by atoms with van der Waals surface area (Å²) in [6.45, 7) is 6.36. The van der Waals surface area contributed by atoms with Crippen molar-refractivity contribution in [2.45, 2.75) is 39.0 Å². The second kappa shape index (κ2) is 12.4. The van der Waals surface area contributed by atoms with Crippen molar-refractivity contribution in [1.82, 2.24) is 5.32 Å². The lowest BCUT2D eigenvalue weighted by Gasteiger charge is -2.30. The number of carbonyl (C=O) groups is 3. The van der Waals surface area contributed by atoms with E-state index < -0.39 is 29.7 Å². The van der Waals surface area contributed by atoms with Crippen LogP contribution in [0.5, 0.6) is 5.75 Å². The first-order chi connectivity index (χ1) is 17.4. The summed E-state index contributed by atoms with van der Waals surface area (Å²) in [6, 6.07) is 13.1. The monoisotopic (exact) mass is 499 g/mol. The van der Waals surface area contributed by atoms with Gasteiger partial charge in [-0.05, 0) is 39.0 Å². The molecule has 36 heavy (non-hydrogen) atoms. The van der Waals surface area contributed by atoms with Gasteiger partial charge in [-0.1, -0.05) is 24.3 Å². The van der Waals surface area contributed by atoms with Crippen molar-refractivity contribution in [1.29, 1.82) is 0 Å². The van der Waals surface area contributed by atoms with Crippen molar-refractivity contribution >= 4 is 29.3 Å². The van der Waals surface area contributed by atoms with E-state index in [9.17, 15) is 14.4 Å². The average molecular weight is 500 g/mol. The molecule has 194 valence electrons. The van der Waals surface area contributed by atoms with E-state index in [0.717, 1.165) is 0 Å². The van der Waals surface area contributed by atoms with Gasteiger partial charge < -0.3 is 34.5 Å². The first kappa shape index (κ1) is 27.0. The molecule has 0 bridgehead atoms. The quantitative estimate of drug-likeness (QED) is 0.340. The number of nitrogens with one attached hydrogen (secondary N) is 2. The number of para-hydroxylation sites is 1. The number of fused-ring (bicyclic) bond motifs is 1. The van der Waals surface area contributed by atoms with E-state index in [1.807, 2.05) is 13.8 Å². The third-order valence-electron chi connectivity index (χ3n) is 5.67. The number of esters is 1. The zero-order chi connectivity index (χ0) is 26.1. The highest BCUT2D eigenvalue weighted by Crippen LogP contribution is 2.43. The summed E-state index contributed by atoms with van der Waals surface area (Å²) in [5.74, 6) is -0.544. The number of hydrogen-bond acceptors (Lipinski definition) is 7.